The molecule has 0 radical (unpaired) electrons. The minimum atomic E-state index is -1.21. The largest absolute Gasteiger partial charge is 0.497 e. The Morgan fingerprint density at radius 3 is 2.10 bits per heavy atom. The third-order valence-corrected chi connectivity index (χ3v) is 6.97. The zero-order valence-electron chi connectivity index (χ0n) is 17.6. The SMILES string of the molecule is CCC(CCNC1CCCCC1)Oc1ccc(S(=O)c2ccc(OC)cc2)cc1. The lowest BCUT2D eigenvalue weighted by Gasteiger charge is -2.24. The van der Waals surface area contributed by atoms with Gasteiger partial charge < -0.3 is 14.8 Å². The molecule has 2 aromatic rings. The van der Waals surface area contributed by atoms with E-state index in [4.69, 9.17) is 9.47 Å². The van der Waals surface area contributed by atoms with E-state index in [0.717, 1.165) is 40.7 Å². The summed E-state index contributed by atoms with van der Waals surface area (Å²) in [6, 6.07) is 15.7. The number of rotatable bonds is 10. The van der Waals surface area contributed by atoms with Crippen LogP contribution in [0.1, 0.15) is 51.9 Å². The summed E-state index contributed by atoms with van der Waals surface area (Å²) in [5, 5.41) is 3.69. The van der Waals surface area contributed by atoms with Crippen LogP contribution < -0.4 is 14.8 Å². The molecular weight excluding hydrogens is 382 g/mol. The summed E-state index contributed by atoms with van der Waals surface area (Å²) < 4.78 is 24.1. The van der Waals surface area contributed by atoms with Gasteiger partial charge >= 0.3 is 0 Å². The normalized spacial score (nSPS) is 16.9. The fourth-order valence-corrected chi connectivity index (χ4v) is 4.81. The lowest BCUT2D eigenvalue weighted by atomic mass is 9.95. The van der Waals surface area contributed by atoms with Crippen molar-refractivity contribution in [3.63, 3.8) is 0 Å². The van der Waals surface area contributed by atoms with Gasteiger partial charge in [-0.25, -0.2) is 4.21 Å². The fraction of sp³-hybridized carbons (Fsp3) is 0.500. The predicted octanol–water partition coefficient (Wildman–Crippen LogP) is 5.33. The van der Waals surface area contributed by atoms with Crippen molar-refractivity contribution in [3.05, 3.63) is 48.5 Å². The molecule has 5 heteroatoms. The number of hydrogen-bond donors (Lipinski definition) is 1. The van der Waals surface area contributed by atoms with Gasteiger partial charge in [0.2, 0.25) is 0 Å². The van der Waals surface area contributed by atoms with E-state index in [-0.39, 0.29) is 6.10 Å². The zero-order valence-corrected chi connectivity index (χ0v) is 18.4. The van der Waals surface area contributed by atoms with Crippen LogP contribution >= 0.6 is 0 Å². The van der Waals surface area contributed by atoms with Crippen molar-refractivity contribution in [3.8, 4) is 11.5 Å². The maximum atomic E-state index is 12.7. The molecule has 1 fully saturated rings. The molecule has 0 aliphatic heterocycles. The van der Waals surface area contributed by atoms with Crippen LogP contribution in [0.3, 0.4) is 0 Å². The topological polar surface area (TPSA) is 47.6 Å². The van der Waals surface area contributed by atoms with Crippen LogP contribution in [0.15, 0.2) is 58.3 Å². The molecule has 158 valence electrons. The van der Waals surface area contributed by atoms with Crippen LogP contribution in [0.25, 0.3) is 0 Å². The number of methoxy groups -OCH3 is 1. The van der Waals surface area contributed by atoms with Crippen molar-refractivity contribution in [2.75, 3.05) is 13.7 Å². The minimum Gasteiger partial charge on any atom is -0.497 e. The molecule has 1 saturated carbocycles. The molecule has 1 aliphatic rings. The first kappa shape index (κ1) is 21.8. The van der Waals surface area contributed by atoms with E-state index in [9.17, 15) is 4.21 Å². The van der Waals surface area contributed by atoms with Crippen molar-refractivity contribution < 1.29 is 13.7 Å². The van der Waals surface area contributed by atoms with Crippen LogP contribution in [-0.2, 0) is 10.8 Å². The number of ether oxygens (including phenoxy) is 2. The first-order valence-electron chi connectivity index (χ1n) is 10.8. The number of hydrogen-bond acceptors (Lipinski definition) is 4. The Morgan fingerprint density at radius 2 is 1.55 bits per heavy atom. The molecule has 0 spiro atoms. The molecule has 0 amide bonds. The second kappa shape index (κ2) is 11.4. The molecule has 4 nitrogen and oxygen atoms in total. The maximum Gasteiger partial charge on any atom is 0.119 e. The number of nitrogens with one attached hydrogen (secondary N) is 1. The Labute approximate surface area is 177 Å². The molecule has 0 heterocycles. The second-order valence-electron chi connectivity index (χ2n) is 7.64. The van der Waals surface area contributed by atoms with E-state index in [1.54, 1.807) is 7.11 Å². The molecule has 29 heavy (non-hydrogen) atoms. The van der Waals surface area contributed by atoms with Gasteiger partial charge in [-0.05, 0) is 80.8 Å². The molecule has 2 atom stereocenters. The lowest BCUT2D eigenvalue weighted by molar-refractivity contribution is 0.183. The highest BCUT2D eigenvalue weighted by Crippen LogP contribution is 2.23. The fourth-order valence-electron chi connectivity index (χ4n) is 3.77. The summed E-state index contributed by atoms with van der Waals surface area (Å²) in [5.74, 6) is 1.60. The second-order valence-corrected chi connectivity index (χ2v) is 9.12. The van der Waals surface area contributed by atoms with Crippen LogP contribution in [-0.4, -0.2) is 30.0 Å². The van der Waals surface area contributed by atoms with Gasteiger partial charge in [0, 0.05) is 15.8 Å². The van der Waals surface area contributed by atoms with Gasteiger partial charge in [-0.15, -0.1) is 0 Å². The molecular formula is C24H33NO3S. The Hall–Kier alpha value is -1.85. The molecule has 1 aliphatic carbocycles. The zero-order chi connectivity index (χ0) is 20.5. The summed E-state index contributed by atoms with van der Waals surface area (Å²) in [4.78, 5) is 1.54. The highest BCUT2D eigenvalue weighted by Gasteiger charge is 2.14. The molecule has 1 N–H and O–H groups in total. The standard InChI is InChI=1S/C24H33NO3S/c1-3-20(17-18-25-19-7-5-4-6-8-19)28-22-11-15-24(16-12-22)29(26)23-13-9-21(27-2)10-14-23/h9-16,19-20,25H,3-8,17-18H2,1-2H3. The summed E-state index contributed by atoms with van der Waals surface area (Å²) >= 11 is 0. The highest BCUT2D eigenvalue weighted by molar-refractivity contribution is 7.85. The van der Waals surface area contributed by atoms with Gasteiger partial charge in [-0.3, -0.25) is 0 Å². The van der Waals surface area contributed by atoms with E-state index in [0.29, 0.717) is 6.04 Å². The summed E-state index contributed by atoms with van der Waals surface area (Å²) in [7, 11) is 0.417. The third kappa shape index (κ3) is 6.58. The Morgan fingerprint density at radius 1 is 0.966 bits per heavy atom. The monoisotopic (exact) mass is 415 g/mol. The third-order valence-electron chi connectivity index (χ3n) is 5.57. The Balaban J connectivity index is 1.50. The van der Waals surface area contributed by atoms with Gasteiger partial charge in [-0.2, -0.15) is 0 Å². The quantitative estimate of drug-likeness (QED) is 0.570. The smallest absolute Gasteiger partial charge is 0.119 e. The van der Waals surface area contributed by atoms with Gasteiger partial charge in [0.25, 0.3) is 0 Å². The van der Waals surface area contributed by atoms with Crippen molar-refractivity contribution in [2.45, 2.75) is 73.8 Å². The molecule has 0 bridgehead atoms. The van der Waals surface area contributed by atoms with E-state index in [1.165, 1.54) is 32.1 Å². The molecule has 2 unspecified atom stereocenters. The van der Waals surface area contributed by atoms with E-state index in [2.05, 4.69) is 12.2 Å². The summed E-state index contributed by atoms with van der Waals surface area (Å²) in [6.07, 6.45) is 8.90. The van der Waals surface area contributed by atoms with Gasteiger partial charge in [-0.1, -0.05) is 26.2 Å². The maximum absolute atomic E-state index is 12.7. The lowest BCUT2D eigenvalue weighted by Crippen LogP contribution is -2.34. The predicted molar refractivity (Wildman–Crippen MR) is 118 cm³/mol. The average molecular weight is 416 g/mol. The number of benzene rings is 2. The van der Waals surface area contributed by atoms with Crippen molar-refractivity contribution >= 4 is 10.8 Å². The van der Waals surface area contributed by atoms with Gasteiger partial charge in [0.1, 0.15) is 11.5 Å². The van der Waals surface area contributed by atoms with Crippen LogP contribution in [0.2, 0.25) is 0 Å². The summed E-state index contributed by atoms with van der Waals surface area (Å²) in [6.45, 7) is 3.17. The first-order valence-corrected chi connectivity index (χ1v) is 11.9. The first-order chi connectivity index (χ1) is 14.2. The minimum absolute atomic E-state index is 0.198. The molecule has 0 aromatic heterocycles. The van der Waals surface area contributed by atoms with E-state index in [1.807, 2.05) is 48.5 Å². The summed E-state index contributed by atoms with van der Waals surface area (Å²) in [5.41, 5.74) is 0. The van der Waals surface area contributed by atoms with Crippen molar-refractivity contribution in [1.29, 1.82) is 0 Å². The van der Waals surface area contributed by atoms with Crippen molar-refractivity contribution in [2.24, 2.45) is 0 Å². The van der Waals surface area contributed by atoms with Crippen LogP contribution in [0.4, 0.5) is 0 Å². The van der Waals surface area contributed by atoms with Crippen LogP contribution in [0, 0.1) is 0 Å². The van der Waals surface area contributed by atoms with Crippen molar-refractivity contribution in [1.82, 2.24) is 5.32 Å². The van der Waals surface area contributed by atoms with E-state index < -0.39 is 10.8 Å². The average Bonchev–Trinajstić information content (AvgIpc) is 2.79. The molecule has 3 rings (SSSR count). The highest BCUT2D eigenvalue weighted by atomic mass is 32.2. The van der Waals surface area contributed by atoms with Gasteiger partial charge in [0.05, 0.1) is 24.0 Å². The van der Waals surface area contributed by atoms with E-state index >= 15 is 0 Å². The molecule has 2 aromatic carbocycles. The Kier molecular flexibility index (Phi) is 8.56. The van der Waals surface area contributed by atoms with Crippen LogP contribution in [0.5, 0.6) is 11.5 Å². The van der Waals surface area contributed by atoms with Gasteiger partial charge in [0.15, 0.2) is 0 Å². The molecule has 0 saturated heterocycles. The Bertz CT molecular complexity index is 755.